The van der Waals surface area contributed by atoms with E-state index in [1.54, 1.807) is 24.3 Å². The van der Waals surface area contributed by atoms with E-state index in [0.717, 1.165) is 22.7 Å². The van der Waals surface area contributed by atoms with Gasteiger partial charge in [0.25, 0.3) is 10.3 Å². The lowest BCUT2D eigenvalue weighted by Crippen LogP contribution is -2.10. The molecule has 0 spiro atoms. The van der Waals surface area contributed by atoms with Crippen molar-refractivity contribution in [3.63, 3.8) is 0 Å². The number of phenolic OH excluding ortho intramolecular Hbond substituents is 2. The van der Waals surface area contributed by atoms with Gasteiger partial charge in [0.2, 0.25) is 0 Å². The smallest absolute Gasteiger partial charge is 0.251 e. The number of aliphatic hydroxyl groups excluding tert-OH is 2. The SMILES string of the molecule is Oc1ccc(N=Nc2nnc([C@H](O)[C@@H](O)c3nnc(N=Nc4ccc(O)c5ccccc45)s3)s2)c2ccccc12. The molecule has 0 saturated heterocycles. The summed E-state index contributed by atoms with van der Waals surface area (Å²) >= 11 is 1.92. The van der Waals surface area contributed by atoms with Crippen molar-refractivity contribution in [2.45, 2.75) is 12.2 Å². The quantitative estimate of drug-likeness (QED) is 0.153. The van der Waals surface area contributed by atoms with E-state index in [4.69, 9.17) is 0 Å². The van der Waals surface area contributed by atoms with Gasteiger partial charge in [-0.25, -0.2) is 0 Å². The molecule has 0 aliphatic heterocycles. The average molecular weight is 571 g/mol. The average Bonchev–Trinajstić information content (AvgIpc) is 3.66. The molecule has 0 aliphatic rings. The Morgan fingerprint density at radius 1 is 0.500 bits per heavy atom. The number of benzene rings is 4. The van der Waals surface area contributed by atoms with Crippen LogP contribution >= 0.6 is 22.7 Å². The molecule has 0 amide bonds. The second-order valence-corrected chi connectivity index (χ2v) is 10.4. The van der Waals surface area contributed by atoms with Gasteiger partial charge >= 0.3 is 0 Å². The summed E-state index contributed by atoms with van der Waals surface area (Å²) in [6, 6.07) is 20.8. The van der Waals surface area contributed by atoms with Gasteiger partial charge in [-0.2, -0.15) is 0 Å². The van der Waals surface area contributed by atoms with Crippen LogP contribution in [0.5, 0.6) is 11.5 Å². The van der Waals surface area contributed by atoms with Gasteiger partial charge in [-0.1, -0.05) is 71.2 Å². The van der Waals surface area contributed by atoms with Crippen LogP contribution in [-0.2, 0) is 0 Å². The Morgan fingerprint density at radius 2 is 0.900 bits per heavy atom. The predicted octanol–water partition coefficient (Wildman–Crippen LogP) is 6.71. The molecule has 0 aliphatic carbocycles. The zero-order valence-electron chi connectivity index (χ0n) is 20.3. The Balaban J connectivity index is 1.16. The molecule has 0 fully saturated rings. The molecule has 4 aromatic carbocycles. The normalized spacial score (nSPS) is 13.6. The number of fused-ring (bicyclic) bond motifs is 2. The zero-order valence-corrected chi connectivity index (χ0v) is 21.9. The second kappa shape index (κ2) is 10.8. The first kappa shape index (κ1) is 25.5. The Morgan fingerprint density at radius 3 is 1.32 bits per heavy atom. The van der Waals surface area contributed by atoms with Crippen LogP contribution in [0.25, 0.3) is 21.5 Å². The van der Waals surface area contributed by atoms with Gasteiger partial charge in [-0.3, -0.25) is 0 Å². The van der Waals surface area contributed by atoms with Crippen LogP contribution in [0.1, 0.15) is 22.2 Å². The van der Waals surface area contributed by atoms with Crippen molar-refractivity contribution in [2.75, 3.05) is 0 Å². The third-order valence-electron chi connectivity index (χ3n) is 5.91. The van der Waals surface area contributed by atoms with Crippen LogP contribution in [0.3, 0.4) is 0 Å². The van der Waals surface area contributed by atoms with E-state index in [-0.39, 0.29) is 31.8 Å². The lowest BCUT2D eigenvalue weighted by atomic mass is 10.1. The van der Waals surface area contributed by atoms with E-state index in [1.807, 2.05) is 36.4 Å². The predicted molar refractivity (Wildman–Crippen MR) is 149 cm³/mol. The van der Waals surface area contributed by atoms with Crippen molar-refractivity contribution in [2.24, 2.45) is 20.5 Å². The zero-order chi connectivity index (χ0) is 27.6. The number of hydrogen-bond donors (Lipinski definition) is 4. The molecule has 0 saturated carbocycles. The van der Waals surface area contributed by atoms with Gasteiger partial charge in [-0.15, -0.1) is 40.9 Å². The van der Waals surface area contributed by atoms with Crippen LogP contribution in [0.4, 0.5) is 21.6 Å². The summed E-state index contributed by atoms with van der Waals surface area (Å²) in [4.78, 5) is 0. The Kier molecular flexibility index (Phi) is 6.88. The van der Waals surface area contributed by atoms with Crippen LogP contribution in [0.2, 0.25) is 0 Å². The fourth-order valence-electron chi connectivity index (χ4n) is 3.94. The van der Waals surface area contributed by atoms with Crippen molar-refractivity contribution in [1.82, 2.24) is 20.4 Å². The molecule has 4 N–H and O–H groups in total. The number of aromatic nitrogens is 4. The topological polar surface area (TPSA) is 182 Å². The van der Waals surface area contributed by atoms with Gasteiger partial charge in [0.1, 0.15) is 23.7 Å². The Hall–Kier alpha value is -4.76. The molecular weight excluding hydrogens is 552 g/mol. The second-order valence-electron chi connectivity index (χ2n) is 8.43. The number of nitrogens with zero attached hydrogens (tertiary/aromatic N) is 8. The number of azo groups is 2. The molecular formula is C26H18N8O4S2. The highest BCUT2D eigenvalue weighted by atomic mass is 32.1. The molecule has 2 atom stereocenters. The summed E-state index contributed by atoms with van der Waals surface area (Å²) in [5, 5.41) is 77.1. The highest BCUT2D eigenvalue weighted by molar-refractivity contribution is 7.15. The molecule has 2 aromatic heterocycles. The fourth-order valence-corrected chi connectivity index (χ4v) is 5.31. The highest BCUT2D eigenvalue weighted by Crippen LogP contribution is 2.38. The van der Waals surface area contributed by atoms with Crippen molar-refractivity contribution in [1.29, 1.82) is 0 Å². The van der Waals surface area contributed by atoms with E-state index in [2.05, 4.69) is 40.9 Å². The van der Waals surface area contributed by atoms with Crippen LogP contribution in [0.15, 0.2) is 93.3 Å². The van der Waals surface area contributed by atoms with Crippen molar-refractivity contribution in [3.05, 3.63) is 82.8 Å². The third kappa shape index (κ3) is 4.99. The molecule has 198 valence electrons. The molecule has 40 heavy (non-hydrogen) atoms. The van der Waals surface area contributed by atoms with Crippen LogP contribution in [0, 0.1) is 0 Å². The summed E-state index contributed by atoms with van der Waals surface area (Å²) in [6.07, 6.45) is -2.87. The summed E-state index contributed by atoms with van der Waals surface area (Å²) in [5.41, 5.74) is 1.06. The molecule has 0 radical (unpaired) electrons. The number of rotatable bonds is 7. The van der Waals surface area contributed by atoms with Crippen molar-refractivity contribution >= 4 is 65.9 Å². The lowest BCUT2D eigenvalue weighted by Gasteiger charge is -2.11. The van der Waals surface area contributed by atoms with Crippen molar-refractivity contribution < 1.29 is 20.4 Å². The van der Waals surface area contributed by atoms with E-state index < -0.39 is 12.2 Å². The first-order chi connectivity index (χ1) is 19.5. The summed E-state index contributed by atoms with van der Waals surface area (Å²) < 4.78 is 0. The minimum absolute atomic E-state index is 0.117. The van der Waals surface area contributed by atoms with E-state index in [0.29, 0.717) is 32.9 Å². The number of aromatic hydroxyl groups is 2. The van der Waals surface area contributed by atoms with Gasteiger partial charge < -0.3 is 20.4 Å². The summed E-state index contributed by atoms with van der Waals surface area (Å²) in [7, 11) is 0. The van der Waals surface area contributed by atoms with E-state index in [1.165, 1.54) is 12.1 Å². The standard InChI is InChI=1S/C26H18N8O4S2/c35-19-11-9-17(13-5-1-3-7-15(13)19)27-31-25-33-29-23(39-25)21(37)22(38)24-30-34-26(40-24)32-28-18-10-12-20(36)16-8-4-2-6-14(16)18/h1-12,21-22,35-38H/t21-,22-/m1/s1. The van der Waals surface area contributed by atoms with Gasteiger partial charge in [0, 0.05) is 21.5 Å². The maximum Gasteiger partial charge on any atom is 0.251 e. The molecule has 2 heterocycles. The maximum absolute atomic E-state index is 10.7. The minimum atomic E-state index is -1.44. The van der Waals surface area contributed by atoms with E-state index in [9.17, 15) is 20.4 Å². The minimum Gasteiger partial charge on any atom is -0.507 e. The summed E-state index contributed by atoms with van der Waals surface area (Å²) in [6.45, 7) is 0. The fraction of sp³-hybridized carbons (Fsp3) is 0.0769. The molecule has 14 heteroatoms. The molecule has 0 unspecified atom stereocenters. The van der Waals surface area contributed by atoms with E-state index >= 15 is 0 Å². The largest absolute Gasteiger partial charge is 0.507 e. The number of aliphatic hydroxyl groups is 2. The third-order valence-corrected chi connectivity index (χ3v) is 7.66. The highest BCUT2D eigenvalue weighted by Gasteiger charge is 2.27. The maximum atomic E-state index is 10.7. The monoisotopic (exact) mass is 570 g/mol. The first-order valence-corrected chi connectivity index (χ1v) is 13.4. The van der Waals surface area contributed by atoms with Crippen LogP contribution < -0.4 is 0 Å². The molecule has 12 nitrogen and oxygen atoms in total. The van der Waals surface area contributed by atoms with Gasteiger partial charge in [0.05, 0.1) is 11.4 Å². The number of hydrogen-bond acceptors (Lipinski definition) is 14. The Bertz CT molecular complexity index is 1770. The Labute approximate surface area is 233 Å². The van der Waals surface area contributed by atoms with Crippen LogP contribution in [-0.4, -0.2) is 40.8 Å². The molecule has 6 rings (SSSR count). The molecule has 6 aromatic rings. The molecule has 0 bridgehead atoms. The first-order valence-electron chi connectivity index (χ1n) is 11.8. The summed E-state index contributed by atoms with van der Waals surface area (Å²) in [5.74, 6) is 0.278. The number of phenols is 2. The van der Waals surface area contributed by atoms with Gasteiger partial charge in [0.15, 0.2) is 10.0 Å². The van der Waals surface area contributed by atoms with Gasteiger partial charge in [-0.05, 0) is 24.3 Å². The van der Waals surface area contributed by atoms with Crippen molar-refractivity contribution in [3.8, 4) is 11.5 Å². The lowest BCUT2D eigenvalue weighted by molar-refractivity contribution is 0.0162.